The zero-order chi connectivity index (χ0) is 37.4. The third kappa shape index (κ3) is 5.16. The van der Waals surface area contributed by atoms with Gasteiger partial charge in [0.2, 0.25) is 0 Å². The number of furan rings is 1. The molecule has 0 amide bonds. The Morgan fingerprint density at radius 2 is 1.05 bits per heavy atom. The van der Waals surface area contributed by atoms with Crippen molar-refractivity contribution in [1.29, 1.82) is 0 Å². The van der Waals surface area contributed by atoms with Gasteiger partial charge in [0.15, 0.2) is 17.5 Å². The van der Waals surface area contributed by atoms with Gasteiger partial charge in [-0.2, -0.15) is 0 Å². The van der Waals surface area contributed by atoms with E-state index in [-0.39, 0.29) is 5.41 Å². The highest BCUT2D eigenvalue weighted by molar-refractivity contribution is 6.06. The molecule has 0 aliphatic heterocycles. The monoisotopic (exact) mass is 718 g/mol. The predicted octanol–water partition coefficient (Wildman–Crippen LogP) is 13.0. The summed E-state index contributed by atoms with van der Waals surface area (Å²) in [6, 6.07) is 57.3. The Morgan fingerprint density at radius 1 is 0.393 bits per heavy atom. The highest BCUT2D eigenvalue weighted by atomic mass is 16.3. The van der Waals surface area contributed by atoms with Crippen molar-refractivity contribution in [3.8, 4) is 67.5 Å². The average Bonchev–Trinajstić information content (AvgIpc) is 3.74. The lowest BCUT2D eigenvalue weighted by atomic mass is 9.82. The normalized spacial score (nSPS) is 13.0. The quantitative estimate of drug-likeness (QED) is 0.177. The third-order valence-corrected chi connectivity index (χ3v) is 11.4. The molecule has 56 heavy (non-hydrogen) atoms. The molecule has 0 saturated heterocycles. The number of nitrogens with zero attached hydrogens (tertiary/aromatic N) is 4. The van der Waals surface area contributed by atoms with Crippen LogP contribution in [0, 0.1) is 0 Å². The summed E-state index contributed by atoms with van der Waals surface area (Å²) in [5.74, 6) is 1.80. The summed E-state index contributed by atoms with van der Waals surface area (Å²) >= 11 is 0. The molecule has 0 saturated carbocycles. The van der Waals surface area contributed by atoms with Gasteiger partial charge < -0.3 is 4.42 Å². The number of hydrogen-bond donors (Lipinski definition) is 0. The Balaban J connectivity index is 1.15. The Hall–Kier alpha value is -7.24. The Kier molecular flexibility index (Phi) is 7.13. The number of hydrogen-bond acceptors (Lipinski definition) is 5. The summed E-state index contributed by atoms with van der Waals surface area (Å²) in [4.78, 5) is 20.2. The van der Waals surface area contributed by atoms with Crippen molar-refractivity contribution < 1.29 is 4.42 Å². The molecule has 10 aromatic rings. The lowest BCUT2D eigenvalue weighted by Crippen LogP contribution is -2.14. The van der Waals surface area contributed by atoms with E-state index in [1.807, 2.05) is 72.9 Å². The molecule has 3 heterocycles. The van der Waals surface area contributed by atoms with Crippen molar-refractivity contribution >= 4 is 32.8 Å². The van der Waals surface area contributed by atoms with Gasteiger partial charge in [0.05, 0.1) is 5.52 Å². The van der Waals surface area contributed by atoms with E-state index in [0.29, 0.717) is 17.5 Å². The minimum absolute atomic E-state index is 0.0751. The number of fused-ring (bicyclic) bond motifs is 7. The molecule has 3 aromatic heterocycles. The van der Waals surface area contributed by atoms with Crippen LogP contribution in [0.1, 0.15) is 25.0 Å². The molecule has 1 aliphatic carbocycles. The maximum absolute atomic E-state index is 6.17. The van der Waals surface area contributed by atoms with Crippen LogP contribution in [0.25, 0.3) is 100 Å². The molecule has 0 fully saturated rings. The van der Waals surface area contributed by atoms with Crippen LogP contribution in [-0.2, 0) is 5.41 Å². The molecule has 0 radical (unpaired) electrons. The Bertz CT molecular complexity index is 3170. The number of pyridine rings is 1. The maximum Gasteiger partial charge on any atom is 0.164 e. The molecular weight excluding hydrogens is 685 g/mol. The van der Waals surface area contributed by atoms with Crippen LogP contribution in [0.2, 0.25) is 0 Å². The highest BCUT2D eigenvalue weighted by Gasteiger charge is 2.35. The van der Waals surface area contributed by atoms with Gasteiger partial charge in [0.1, 0.15) is 11.2 Å². The average molecular weight is 719 g/mol. The standard InChI is InChI=1S/C51H34N4O/c1-51(2)43-18-8-6-14-38(43)41-29-32(21-23-44(41)51)34-26-35(37-16-10-19-45-39(37)17-11-25-52-45)28-36(27-34)50-54-48(31-12-4-3-5-13-31)53-49(55-50)33-22-24-47-42(30-33)40-15-7-9-20-46(40)56-47/h3-30H,1-2H3. The molecule has 0 unspecified atom stereocenters. The first kappa shape index (κ1) is 32.2. The summed E-state index contributed by atoms with van der Waals surface area (Å²) in [5, 5.41) is 3.17. The van der Waals surface area contributed by atoms with Gasteiger partial charge in [-0.05, 0) is 105 Å². The summed E-state index contributed by atoms with van der Waals surface area (Å²) in [5.41, 5.74) is 14.9. The second kappa shape index (κ2) is 12.4. The number of rotatable bonds is 5. The van der Waals surface area contributed by atoms with Gasteiger partial charge in [0.25, 0.3) is 0 Å². The fraction of sp³-hybridized carbons (Fsp3) is 0.0588. The van der Waals surface area contributed by atoms with Gasteiger partial charge >= 0.3 is 0 Å². The van der Waals surface area contributed by atoms with Crippen molar-refractivity contribution in [2.45, 2.75) is 19.3 Å². The van der Waals surface area contributed by atoms with Crippen molar-refractivity contribution in [3.63, 3.8) is 0 Å². The topological polar surface area (TPSA) is 64.7 Å². The number of benzene rings is 7. The minimum Gasteiger partial charge on any atom is -0.456 e. The highest BCUT2D eigenvalue weighted by Crippen LogP contribution is 2.50. The first-order chi connectivity index (χ1) is 27.5. The van der Waals surface area contributed by atoms with Gasteiger partial charge in [0, 0.05) is 44.5 Å². The predicted molar refractivity (Wildman–Crippen MR) is 227 cm³/mol. The molecule has 5 nitrogen and oxygen atoms in total. The van der Waals surface area contributed by atoms with Crippen molar-refractivity contribution in [1.82, 2.24) is 19.9 Å². The summed E-state index contributed by atoms with van der Waals surface area (Å²) in [7, 11) is 0. The molecule has 0 N–H and O–H groups in total. The molecular formula is C51H34N4O. The summed E-state index contributed by atoms with van der Waals surface area (Å²) in [6.07, 6.45) is 1.85. The van der Waals surface area contributed by atoms with Crippen LogP contribution >= 0.6 is 0 Å². The largest absolute Gasteiger partial charge is 0.456 e. The first-order valence-corrected chi connectivity index (χ1v) is 19.0. The lowest BCUT2D eigenvalue weighted by molar-refractivity contribution is 0.660. The van der Waals surface area contributed by atoms with E-state index < -0.39 is 0 Å². The van der Waals surface area contributed by atoms with Crippen molar-refractivity contribution in [2.24, 2.45) is 0 Å². The van der Waals surface area contributed by atoms with E-state index in [2.05, 4.69) is 111 Å². The van der Waals surface area contributed by atoms with Crippen LogP contribution in [0.4, 0.5) is 0 Å². The molecule has 1 aliphatic rings. The van der Waals surface area contributed by atoms with E-state index >= 15 is 0 Å². The Labute approximate surface area is 324 Å². The third-order valence-electron chi connectivity index (χ3n) is 11.4. The molecule has 5 heteroatoms. The summed E-state index contributed by atoms with van der Waals surface area (Å²) < 4.78 is 6.17. The van der Waals surface area contributed by atoms with Crippen LogP contribution in [0.5, 0.6) is 0 Å². The second-order valence-electron chi connectivity index (χ2n) is 15.1. The zero-order valence-corrected chi connectivity index (χ0v) is 30.9. The van der Waals surface area contributed by atoms with Gasteiger partial charge in [-0.15, -0.1) is 0 Å². The van der Waals surface area contributed by atoms with E-state index in [0.717, 1.165) is 71.8 Å². The minimum atomic E-state index is -0.0751. The molecule has 7 aromatic carbocycles. The molecule has 0 bridgehead atoms. The van der Waals surface area contributed by atoms with Crippen LogP contribution in [0.15, 0.2) is 174 Å². The number of para-hydroxylation sites is 1. The van der Waals surface area contributed by atoms with Crippen molar-refractivity contribution in [3.05, 3.63) is 181 Å². The van der Waals surface area contributed by atoms with Crippen molar-refractivity contribution in [2.75, 3.05) is 0 Å². The second-order valence-corrected chi connectivity index (χ2v) is 15.1. The molecule has 0 atom stereocenters. The lowest BCUT2D eigenvalue weighted by Gasteiger charge is -2.21. The van der Waals surface area contributed by atoms with Gasteiger partial charge in [-0.1, -0.05) is 117 Å². The van der Waals surface area contributed by atoms with Crippen LogP contribution in [-0.4, -0.2) is 19.9 Å². The Morgan fingerprint density at radius 3 is 1.95 bits per heavy atom. The fourth-order valence-corrected chi connectivity index (χ4v) is 8.55. The maximum atomic E-state index is 6.17. The molecule has 0 spiro atoms. The first-order valence-electron chi connectivity index (χ1n) is 19.0. The van der Waals surface area contributed by atoms with E-state index in [1.165, 1.54) is 22.3 Å². The van der Waals surface area contributed by atoms with E-state index in [9.17, 15) is 0 Å². The summed E-state index contributed by atoms with van der Waals surface area (Å²) in [6.45, 7) is 4.64. The van der Waals surface area contributed by atoms with E-state index in [4.69, 9.17) is 24.4 Å². The smallest absolute Gasteiger partial charge is 0.164 e. The fourth-order valence-electron chi connectivity index (χ4n) is 8.55. The molecule has 264 valence electrons. The van der Waals surface area contributed by atoms with Gasteiger partial charge in [-0.25, -0.2) is 15.0 Å². The van der Waals surface area contributed by atoms with Crippen LogP contribution < -0.4 is 0 Å². The molecule has 11 rings (SSSR count). The van der Waals surface area contributed by atoms with Gasteiger partial charge in [-0.3, -0.25) is 4.98 Å². The number of aromatic nitrogens is 4. The SMILES string of the molecule is CC1(C)c2ccccc2-c2cc(-c3cc(-c4nc(-c5ccccc5)nc(-c5ccc6oc7ccccc7c6c5)n4)cc(-c4cccc5ncccc45)c3)ccc21. The van der Waals surface area contributed by atoms with Crippen LogP contribution in [0.3, 0.4) is 0 Å². The zero-order valence-electron chi connectivity index (χ0n) is 30.9. The van der Waals surface area contributed by atoms with E-state index in [1.54, 1.807) is 0 Å².